The Bertz CT molecular complexity index is 606. The van der Waals surface area contributed by atoms with Gasteiger partial charge in [0.25, 0.3) is 5.91 Å². The molecule has 0 bridgehead atoms. The summed E-state index contributed by atoms with van der Waals surface area (Å²) in [4.78, 5) is 15.8. The number of halogens is 3. The first-order chi connectivity index (χ1) is 9.54. The van der Waals surface area contributed by atoms with Gasteiger partial charge < -0.3 is 10.1 Å². The number of aromatic nitrogens is 1. The van der Waals surface area contributed by atoms with Crippen molar-refractivity contribution in [2.24, 2.45) is 0 Å². The fourth-order valence-corrected chi connectivity index (χ4v) is 1.70. The van der Waals surface area contributed by atoms with E-state index in [0.717, 1.165) is 0 Å². The van der Waals surface area contributed by atoms with Crippen LogP contribution in [0, 0.1) is 0 Å². The van der Waals surface area contributed by atoms with Gasteiger partial charge in [0.2, 0.25) is 0 Å². The fourth-order valence-electron chi connectivity index (χ4n) is 1.46. The highest BCUT2D eigenvalue weighted by Crippen LogP contribution is 2.20. The molecule has 104 valence electrons. The van der Waals surface area contributed by atoms with E-state index in [2.05, 4.69) is 31.0 Å². The van der Waals surface area contributed by atoms with Crippen LogP contribution in [0.25, 0.3) is 0 Å². The molecule has 0 radical (unpaired) electrons. The number of anilines is 1. The highest BCUT2D eigenvalue weighted by Gasteiger charge is 2.08. The molecule has 0 saturated carbocycles. The number of benzene rings is 1. The maximum Gasteiger partial charge on any atom is 0.387 e. The zero-order valence-corrected chi connectivity index (χ0v) is 11.6. The molecule has 2 rings (SSSR count). The van der Waals surface area contributed by atoms with Crippen molar-refractivity contribution < 1.29 is 18.3 Å². The van der Waals surface area contributed by atoms with Gasteiger partial charge in [-0.1, -0.05) is 6.07 Å². The number of hydrogen-bond acceptors (Lipinski definition) is 3. The molecule has 0 spiro atoms. The van der Waals surface area contributed by atoms with Crippen molar-refractivity contribution in [2.45, 2.75) is 6.61 Å². The molecule has 1 amide bonds. The van der Waals surface area contributed by atoms with Crippen LogP contribution in [0.5, 0.6) is 5.75 Å². The van der Waals surface area contributed by atoms with Gasteiger partial charge in [-0.15, -0.1) is 0 Å². The second-order valence-electron chi connectivity index (χ2n) is 3.73. The minimum Gasteiger partial charge on any atom is -0.435 e. The molecule has 0 aliphatic rings. The van der Waals surface area contributed by atoms with E-state index in [1.54, 1.807) is 18.2 Å². The second-order valence-corrected chi connectivity index (χ2v) is 4.54. The molecule has 0 aliphatic carbocycles. The molecular weight excluding hydrogens is 334 g/mol. The monoisotopic (exact) mass is 342 g/mol. The number of alkyl halides is 2. The van der Waals surface area contributed by atoms with E-state index in [0.29, 0.717) is 15.9 Å². The topological polar surface area (TPSA) is 51.2 Å². The number of ether oxygens (including phenoxy) is 1. The molecule has 0 atom stereocenters. The van der Waals surface area contributed by atoms with Crippen molar-refractivity contribution >= 4 is 27.5 Å². The van der Waals surface area contributed by atoms with E-state index in [-0.39, 0.29) is 11.7 Å². The van der Waals surface area contributed by atoms with Crippen LogP contribution < -0.4 is 10.1 Å². The molecule has 1 N–H and O–H groups in total. The number of carbonyl (C=O) groups is 1. The lowest BCUT2D eigenvalue weighted by molar-refractivity contribution is -0.0497. The van der Waals surface area contributed by atoms with Crippen molar-refractivity contribution in [3.8, 4) is 5.75 Å². The summed E-state index contributed by atoms with van der Waals surface area (Å²) < 4.78 is 29.1. The summed E-state index contributed by atoms with van der Waals surface area (Å²) in [5.74, 6) is -0.411. The normalized spacial score (nSPS) is 10.4. The van der Waals surface area contributed by atoms with Gasteiger partial charge in [-0.05, 0) is 40.2 Å². The smallest absolute Gasteiger partial charge is 0.387 e. The second kappa shape index (κ2) is 6.42. The molecule has 2 aromatic rings. The molecule has 0 fully saturated rings. The van der Waals surface area contributed by atoms with Gasteiger partial charge >= 0.3 is 6.61 Å². The lowest BCUT2D eigenvalue weighted by Gasteiger charge is -2.08. The lowest BCUT2D eigenvalue weighted by Crippen LogP contribution is -2.12. The molecule has 1 aromatic carbocycles. The Morgan fingerprint density at radius 2 is 2.10 bits per heavy atom. The van der Waals surface area contributed by atoms with E-state index >= 15 is 0 Å². The highest BCUT2D eigenvalue weighted by atomic mass is 79.9. The van der Waals surface area contributed by atoms with E-state index in [4.69, 9.17) is 0 Å². The van der Waals surface area contributed by atoms with Crippen LogP contribution >= 0.6 is 15.9 Å². The first-order valence-corrected chi connectivity index (χ1v) is 6.31. The Hall–Kier alpha value is -2.02. The quantitative estimate of drug-likeness (QED) is 0.862. The van der Waals surface area contributed by atoms with Gasteiger partial charge in [0, 0.05) is 18.0 Å². The summed E-state index contributed by atoms with van der Waals surface area (Å²) in [6, 6.07) is 8.99. The summed E-state index contributed by atoms with van der Waals surface area (Å²) in [5, 5.41) is 2.57. The molecular formula is C13H9BrF2N2O2. The minimum atomic E-state index is -2.91. The van der Waals surface area contributed by atoms with E-state index in [1.807, 2.05) is 0 Å². The van der Waals surface area contributed by atoms with E-state index < -0.39 is 6.61 Å². The first kappa shape index (κ1) is 14.4. The Morgan fingerprint density at radius 3 is 2.75 bits per heavy atom. The number of nitrogens with zero attached hydrogens (tertiary/aromatic N) is 1. The molecule has 0 saturated heterocycles. The van der Waals surface area contributed by atoms with Crippen LogP contribution in [-0.2, 0) is 0 Å². The maximum absolute atomic E-state index is 12.1. The summed E-state index contributed by atoms with van der Waals surface area (Å²) >= 11 is 3.16. The summed E-state index contributed by atoms with van der Waals surface area (Å²) in [6.45, 7) is -2.91. The molecule has 0 unspecified atom stereocenters. The Balaban J connectivity index is 2.09. The third-order valence-electron chi connectivity index (χ3n) is 2.31. The van der Waals surface area contributed by atoms with Gasteiger partial charge in [0.15, 0.2) is 0 Å². The maximum atomic E-state index is 12.1. The van der Waals surface area contributed by atoms with Crippen LogP contribution in [-0.4, -0.2) is 17.5 Å². The first-order valence-electron chi connectivity index (χ1n) is 5.52. The third kappa shape index (κ3) is 3.99. The number of hydrogen-bond donors (Lipinski definition) is 1. The standard InChI is InChI=1S/C13H9BrF2N2O2/c14-11-5-4-8(7-17-11)12(19)18-9-2-1-3-10(6-9)20-13(15)16/h1-7,13H,(H,18,19). The summed E-state index contributed by atoms with van der Waals surface area (Å²) in [5.41, 5.74) is 0.712. The van der Waals surface area contributed by atoms with Crippen LogP contribution in [0.1, 0.15) is 10.4 Å². The van der Waals surface area contributed by atoms with Crippen LogP contribution in [0.15, 0.2) is 47.2 Å². The summed E-state index contributed by atoms with van der Waals surface area (Å²) in [6.07, 6.45) is 1.40. The average molecular weight is 343 g/mol. The molecule has 20 heavy (non-hydrogen) atoms. The Kier molecular flexibility index (Phi) is 4.62. The van der Waals surface area contributed by atoms with Crippen molar-refractivity contribution in [1.29, 1.82) is 0 Å². The minimum absolute atomic E-state index is 0.0215. The SMILES string of the molecule is O=C(Nc1cccc(OC(F)F)c1)c1ccc(Br)nc1. The zero-order valence-electron chi connectivity index (χ0n) is 10.0. The predicted molar refractivity (Wildman–Crippen MR) is 73.0 cm³/mol. The Morgan fingerprint density at radius 1 is 1.30 bits per heavy atom. The lowest BCUT2D eigenvalue weighted by atomic mass is 10.2. The molecule has 1 heterocycles. The number of carbonyl (C=O) groups excluding carboxylic acids is 1. The van der Waals surface area contributed by atoms with Crippen LogP contribution in [0.3, 0.4) is 0 Å². The van der Waals surface area contributed by atoms with Crippen LogP contribution in [0.4, 0.5) is 14.5 Å². The van der Waals surface area contributed by atoms with E-state index in [1.165, 1.54) is 24.4 Å². The number of rotatable bonds is 4. The molecule has 4 nitrogen and oxygen atoms in total. The Labute approximate surface area is 121 Å². The van der Waals surface area contributed by atoms with Gasteiger partial charge in [0.05, 0.1) is 5.56 Å². The largest absolute Gasteiger partial charge is 0.435 e. The van der Waals surface area contributed by atoms with Gasteiger partial charge in [-0.2, -0.15) is 8.78 Å². The van der Waals surface area contributed by atoms with Crippen molar-refractivity contribution in [1.82, 2.24) is 4.98 Å². The van der Waals surface area contributed by atoms with Crippen molar-refractivity contribution in [3.63, 3.8) is 0 Å². The fraction of sp³-hybridized carbons (Fsp3) is 0.0769. The predicted octanol–water partition coefficient (Wildman–Crippen LogP) is 3.70. The van der Waals surface area contributed by atoms with Gasteiger partial charge in [-0.3, -0.25) is 4.79 Å². The van der Waals surface area contributed by atoms with Crippen LogP contribution in [0.2, 0.25) is 0 Å². The summed E-state index contributed by atoms with van der Waals surface area (Å²) in [7, 11) is 0. The molecule has 7 heteroatoms. The van der Waals surface area contributed by atoms with Crippen molar-refractivity contribution in [2.75, 3.05) is 5.32 Å². The molecule has 1 aromatic heterocycles. The average Bonchev–Trinajstić information content (AvgIpc) is 2.39. The van der Waals surface area contributed by atoms with E-state index in [9.17, 15) is 13.6 Å². The molecule has 0 aliphatic heterocycles. The number of nitrogens with one attached hydrogen (secondary N) is 1. The van der Waals surface area contributed by atoms with Gasteiger partial charge in [0.1, 0.15) is 10.4 Å². The van der Waals surface area contributed by atoms with Gasteiger partial charge in [-0.25, -0.2) is 4.98 Å². The third-order valence-corrected chi connectivity index (χ3v) is 2.78. The zero-order chi connectivity index (χ0) is 14.5. The number of amides is 1. The number of pyridine rings is 1. The van der Waals surface area contributed by atoms with Crippen molar-refractivity contribution in [3.05, 3.63) is 52.8 Å². The highest BCUT2D eigenvalue weighted by molar-refractivity contribution is 9.10.